The zero-order valence-electron chi connectivity index (χ0n) is 10.6. The fourth-order valence-corrected chi connectivity index (χ4v) is 1.89. The predicted molar refractivity (Wildman–Crippen MR) is 75.3 cm³/mol. The lowest BCUT2D eigenvalue weighted by atomic mass is 10.0. The molecule has 1 aliphatic rings. The molecular weight excluding hydrogens is 222 g/mol. The van der Waals surface area contributed by atoms with Crippen LogP contribution < -0.4 is 0 Å². The van der Waals surface area contributed by atoms with E-state index in [4.69, 9.17) is 4.84 Å². The second kappa shape index (κ2) is 6.80. The van der Waals surface area contributed by atoms with Crippen molar-refractivity contribution in [1.82, 2.24) is 0 Å². The number of hydrogen-bond donors (Lipinski definition) is 0. The van der Waals surface area contributed by atoms with Crippen molar-refractivity contribution in [2.24, 2.45) is 5.16 Å². The Morgan fingerprint density at radius 1 is 1.28 bits per heavy atom. The van der Waals surface area contributed by atoms with Crippen molar-refractivity contribution in [3.05, 3.63) is 53.6 Å². The zero-order chi connectivity index (χ0) is 12.6. The van der Waals surface area contributed by atoms with Crippen molar-refractivity contribution < 1.29 is 4.84 Å². The minimum absolute atomic E-state index is 0.484. The molecule has 0 saturated carbocycles. The van der Waals surface area contributed by atoms with Gasteiger partial charge in [-0.1, -0.05) is 48.2 Å². The summed E-state index contributed by atoms with van der Waals surface area (Å²) in [6.45, 7) is 4.21. The lowest BCUT2D eigenvalue weighted by molar-refractivity contribution is 0.132. The molecule has 0 saturated heterocycles. The van der Waals surface area contributed by atoms with Crippen LogP contribution in [0.1, 0.15) is 36.8 Å². The summed E-state index contributed by atoms with van der Waals surface area (Å²) in [6, 6.07) is 8.07. The Morgan fingerprint density at radius 2 is 2.11 bits per heavy atom. The van der Waals surface area contributed by atoms with Gasteiger partial charge in [0.15, 0.2) is 0 Å². The summed E-state index contributed by atoms with van der Waals surface area (Å²) >= 11 is 0. The van der Waals surface area contributed by atoms with Crippen LogP contribution in [-0.4, -0.2) is 6.21 Å². The van der Waals surface area contributed by atoms with Gasteiger partial charge in [0.2, 0.25) is 0 Å². The zero-order valence-corrected chi connectivity index (χ0v) is 10.6. The van der Waals surface area contributed by atoms with E-state index in [9.17, 15) is 0 Å². The first-order chi connectivity index (χ1) is 8.88. The van der Waals surface area contributed by atoms with E-state index < -0.39 is 0 Å². The molecule has 0 amide bonds. The Kier molecular flexibility index (Phi) is 4.77. The van der Waals surface area contributed by atoms with Crippen molar-refractivity contribution in [1.29, 1.82) is 0 Å². The predicted octanol–water partition coefficient (Wildman–Crippen LogP) is 4.21. The number of benzene rings is 1. The molecule has 1 aromatic carbocycles. The topological polar surface area (TPSA) is 21.6 Å². The molecule has 0 unspecified atom stereocenters. The third-order valence-electron chi connectivity index (χ3n) is 2.99. The highest BCUT2D eigenvalue weighted by Gasteiger charge is 2.01. The average Bonchev–Trinajstić information content (AvgIpc) is 2.45. The molecule has 1 aliphatic carbocycles. The van der Waals surface area contributed by atoms with Crippen molar-refractivity contribution in [3.8, 4) is 0 Å². The van der Waals surface area contributed by atoms with Crippen LogP contribution in [0.15, 0.2) is 47.6 Å². The second-order valence-corrected chi connectivity index (χ2v) is 4.40. The first-order valence-electron chi connectivity index (χ1n) is 6.37. The Bertz CT molecular complexity index is 443. The van der Waals surface area contributed by atoms with Gasteiger partial charge in [-0.15, -0.1) is 0 Å². The van der Waals surface area contributed by atoms with Crippen LogP contribution >= 0.6 is 0 Å². The minimum Gasteiger partial charge on any atom is -0.390 e. The van der Waals surface area contributed by atoms with Gasteiger partial charge in [-0.3, -0.25) is 0 Å². The van der Waals surface area contributed by atoms with E-state index in [1.165, 1.54) is 18.4 Å². The Hall–Kier alpha value is -1.83. The molecule has 0 heterocycles. The number of rotatable bonds is 5. The maximum atomic E-state index is 5.24. The van der Waals surface area contributed by atoms with Gasteiger partial charge in [0, 0.05) is 0 Å². The molecule has 2 rings (SSSR count). The van der Waals surface area contributed by atoms with Gasteiger partial charge in [0.25, 0.3) is 0 Å². The van der Waals surface area contributed by atoms with Gasteiger partial charge in [-0.25, -0.2) is 0 Å². The van der Waals surface area contributed by atoms with E-state index in [0.717, 1.165) is 24.0 Å². The number of nitrogens with zero attached hydrogens (tertiary/aromatic N) is 1. The largest absolute Gasteiger partial charge is 0.390 e. The van der Waals surface area contributed by atoms with Gasteiger partial charge in [0.05, 0.1) is 0 Å². The molecule has 2 nitrogen and oxygen atoms in total. The average molecular weight is 240 g/mol. The summed E-state index contributed by atoms with van der Waals surface area (Å²) in [5, 5.41) is 3.89. The monoisotopic (exact) mass is 240 g/mol. The highest BCUT2D eigenvalue weighted by atomic mass is 16.6. The molecule has 0 aliphatic heterocycles. The lowest BCUT2D eigenvalue weighted by Crippen LogP contribution is -1.94. The molecule has 0 aromatic heterocycles. The Morgan fingerprint density at radius 3 is 2.78 bits per heavy atom. The summed E-state index contributed by atoms with van der Waals surface area (Å²) < 4.78 is 0. The van der Waals surface area contributed by atoms with E-state index in [0.29, 0.717) is 6.61 Å². The van der Waals surface area contributed by atoms with Crippen LogP contribution in [0, 0.1) is 0 Å². The molecule has 0 bridgehead atoms. The van der Waals surface area contributed by atoms with Crippen molar-refractivity contribution in [2.75, 3.05) is 0 Å². The Labute approximate surface area is 109 Å². The highest BCUT2D eigenvalue weighted by molar-refractivity contribution is 5.78. The fourth-order valence-electron chi connectivity index (χ4n) is 1.89. The molecular formula is C16H18NO. The fraction of sp³-hybridized carbons (Fsp3) is 0.312. The first-order valence-corrected chi connectivity index (χ1v) is 6.37. The van der Waals surface area contributed by atoms with Crippen LogP contribution in [0.4, 0.5) is 0 Å². The van der Waals surface area contributed by atoms with Gasteiger partial charge < -0.3 is 4.84 Å². The van der Waals surface area contributed by atoms with E-state index in [2.05, 4.69) is 24.0 Å². The van der Waals surface area contributed by atoms with E-state index in [-0.39, 0.29) is 0 Å². The Balaban J connectivity index is 1.78. The van der Waals surface area contributed by atoms with E-state index in [1.807, 2.05) is 30.3 Å². The quantitative estimate of drug-likeness (QED) is 0.558. The van der Waals surface area contributed by atoms with Crippen LogP contribution in [0.25, 0.3) is 6.08 Å². The molecule has 0 fully saturated rings. The van der Waals surface area contributed by atoms with Crippen molar-refractivity contribution >= 4 is 12.3 Å². The molecule has 0 atom stereocenters. The van der Waals surface area contributed by atoms with Gasteiger partial charge >= 0.3 is 0 Å². The van der Waals surface area contributed by atoms with Gasteiger partial charge in [-0.05, 0) is 42.4 Å². The van der Waals surface area contributed by atoms with Crippen LogP contribution in [0.3, 0.4) is 0 Å². The number of allylic oxidation sites excluding steroid dienone is 2. The molecule has 1 aromatic rings. The van der Waals surface area contributed by atoms with Gasteiger partial charge in [-0.2, -0.15) is 0 Å². The molecule has 93 valence electrons. The molecule has 2 heteroatoms. The SMILES string of the molecule is C=Cc1ccc(CO/N=[C]\C2=CCCCC2)cc1. The summed E-state index contributed by atoms with van der Waals surface area (Å²) in [5.74, 6) is 0. The first kappa shape index (κ1) is 12.6. The van der Waals surface area contributed by atoms with Crippen LogP contribution in [-0.2, 0) is 11.4 Å². The summed E-state index contributed by atoms with van der Waals surface area (Å²) in [4.78, 5) is 5.24. The minimum atomic E-state index is 0.484. The molecule has 18 heavy (non-hydrogen) atoms. The molecule has 0 spiro atoms. The van der Waals surface area contributed by atoms with Crippen LogP contribution in [0.2, 0.25) is 0 Å². The summed E-state index contributed by atoms with van der Waals surface area (Å²) in [6.07, 6.45) is 11.7. The summed E-state index contributed by atoms with van der Waals surface area (Å²) in [5.41, 5.74) is 3.38. The van der Waals surface area contributed by atoms with Gasteiger partial charge in [0.1, 0.15) is 12.8 Å². The van der Waals surface area contributed by atoms with Crippen LogP contribution in [0.5, 0.6) is 0 Å². The standard InChI is InChI=1S/C16H18NO/c1-2-14-8-10-16(11-9-14)13-18-17-12-15-6-4-3-5-7-15/h2,6,8-11H,1,3-5,7,13H2. The van der Waals surface area contributed by atoms with E-state index >= 15 is 0 Å². The molecule has 0 N–H and O–H groups in total. The number of hydrogen-bond acceptors (Lipinski definition) is 2. The summed E-state index contributed by atoms with van der Waals surface area (Å²) in [7, 11) is 0. The highest BCUT2D eigenvalue weighted by Crippen LogP contribution is 2.15. The second-order valence-electron chi connectivity index (χ2n) is 4.40. The maximum Gasteiger partial charge on any atom is 0.142 e. The van der Waals surface area contributed by atoms with Crippen molar-refractivity contribution in [3.63, 3.8) is 0 Å². The smallest absolute Gasteiger partial charge is 0.142 e. The van der Waals surface area contributed by atoms with E-state index in [1.54, 1.807) is 0 Å². The maximum absolute atomic E-state index is 5.24. The normalized spacial score (nSPS) is 15.4. The lowest BCUT2D eigenvalue weighted by Gasteiger charge is -2.06. The third kappa shape index (κ3) is 3.88. The third-order valence-corrected chi connectivity index (χ3v) is 2.99. The molecule has 1 radical (unpaired) electrons. The van der Waals surface area contributed by atoms with Crippen molar-refractivity contribution in [2.45, 2.75) is 32.3 Å².